The van der Waals surface area contributed by atoms with Crippen LogP contribution in [-0.4, -0.2) is 47.7 Å². The fourth-order valence-electron chi connectivity index (χ4n) is 4.24. The molecule has 29 heavy (non-hydrogen) atoms. The van der Waals surface area contributed by atoms with E-state index < -0.39 is 0 Å². The second-order valence-corrected chi connectivity index (χ2v) is 8.89. The molecular formula is C21H26N6O2. The van der Waals surface area contributed by atoms with Crippen LogP contribution in [0.3, 0.4) is 0 Å². The third-order valence-corrected chi connectivity index (χ3v) is 5.07. The molecule has 3 heterocycles. The van der Waals surface area contributed by atoms with E-state index in [1.807, 2.05) is 6.07 Å². The van der Waals surface area contributed by atoms with E-state index in [0.29, 0.717) is 11.3 Å². The molecule has 0 amide bonds. The highest BCUT2D eigenvalue weighted by Crippen LogP contribution is 2.33. The van der Waals surface area contributed by atoms with Crippen LogP contribution in [0.4, 0.5) is 0 Å². The minimum atomic E-state index is -0.0255. The quantitative estimate of drug-likeness (QED) is 0.623. The maximum atomic E-state index is 10.4. The molecule has 1 aliphatic heterocycles. The monoisotopic (exact) mass is 394 g/mol. The first-order chi connectivity index (χ1) is 13.7. The molecule has 3 aromatic rings. The minimum Gasteiger partial charge on any atom is -0.507 e. The summed E-state index contributed by atoms with van der Waals surface area (Å²) >= 11 is 0. The third-order valence-electron chi connectivity index (χ3n) is 5.07. The van der Waals surface area contributed by atoms with Crippen LogP contribution >= 0.6 is 0 Å². The second kappa shape index (κ2) is 7.11. The van der Waals surface area contributed by atoms with Gasteiger partial charge in [-0.25, -0.2) is 4.98 Å². The van der Waals surface area contributed by atoms with Gasteiger partial charge in [0.05, 0.1) is 12.4 Å². The van der Waals surface area contributed by atoms with Gasteiger partial charge in [-0.3, -0.25) is 5.10 Å². The van der Waals surface area contributed by atoms with Crippen molar-refractivity contribution in [3.8, 4) is 34.1 Å². The summed E-state index contributed by atoms with van der Waals surface area (Å²) in [6, 6.07) is 5.61. The highest BCUT2D eigenvalue weighted by Gasteiger charge is 2.39. The number of hydrogen-bond donors (Lipinski definition) is 3. The maximum Gasteiger partial charge on any atom is 0.335 e. The van der Waals surface area contributed by atoms with Crippen molar-refractivity contribution >= 4 is 0 Å². The number of nitrogens with zero attached hydrogens (tertiary/aromatic N) is 4. The Morgan fingerprint density at radius 1 is 1.03 bits per heavy atom. The Balaban J connectivity index is 1.50. The van der Waals surface area contributed by atoms with E-state index in [1.165, 1.54) is 0 Å². The molecule has 1 aromatic carbocycles. The fraction of sp³-hybridized carbons (Fsp3) is 0.429. The molecule has 8 nitrogen and oxygen atoms in total. The molecule has 0 atom stereocenters. The number of hydrogen-bond acceptors (Lipinski definition) is 7. The average molecular weight is 394 g/mol. The van der Waals surface area contributed by atoms with Crippen LogP contribution in [0.2, 0.25) is 0 Å². The Kier molecular flexibility index (Phi) is 4.74. The highest BCUT2D eigenvalue weighted by molar-refractivity contribution is 5.73. The zero-order chi connectivity index (χ0) is 20.6. The van der Waals surface area contributed by atoms with Crippen LogP contribution in [0, 0.1) is 0 Å². The van der Waals surface area contributed by atoms with Gasteiger partial charge in [0, 0.05) is 41.2 Å². The molecule has 8 heteroatoms. The molecule has 1 fully saturated rings. The predicted molar refractivity (Wildman–Crippen MR) is 109 cm³/mol. The van der Waals surface area contributed by atoms with Crippen molar-refractivity contribution in [2.24, 2.45) is 0 Å². The lowest BCUT2D eigenvalue weighted by Crippen LogP contribution is -2.60. The van der Waals surface area contributed by atoms with E-state index in [0.717, 1.165) is 24.0 Å². The molecule has 0 radical (unpaired) electrons. The first-order valence-electron chi connectivity index (χ1n) is 9.69. The Bertz CT molecular complexity index is 967. The molecule has 0 aliphatic carbocycles. The zero-order valence-electron chi connectivity index (χ0n) is 17.1. The fourth-order valence-corrected chi connectivity index (χ4v) is 4.24. The molecule has 152 valence electrons. The van der Waals surface area contributed by atoms with Gasteiger partial charge in [0.15, 0.2) is 0 Å². The molecular weight excluding hydrogens is 368 g/mol. The minimum absolute atomic E-state index is 0.0107. The highest BCUT2D eigenvalue weighted by atomic mass is 16.5. The SMILES string of the molecule is CC1(C)CC(Oc2ncc(-c3ccc(-c4cn[nH]c4)cc3O)nn2)CC(C)(C)N1. The number of piperidine rings is 1. The normalized spacial score (nSPS) is 18.5. The van der Waals surface area contributed by atoms with E-state index in [9.17, 15) is 5.11 Å². The molecule has 1 aliphatic rings. The van der Waals surface area contributed by atoms with Gasteiger partial charge in [0.2, 0.25) is 0 Å². The van der Waals surface area contributed by atoms with E-state index in [2.05, 4.69) is 58.4 Å². The van der Waals surface area contributed by atoms with Crippen molar-refractivity contribution in [1.82, 2.24) is 30.7 Å². The molecule has 1 saturated heterocycles. The van der Waals surface area contributed by atoms with E-state index >= 15 is 0 Å². The summed E-state index contributed by atoms with van der Waals surface area (Å²) in [4.78, 5) is 4.32. The van der Waals surface area contributed by atoms with E-state index in [4.69, 9.17) is 4.74 Å². The number of phenolic OH excluding ortho intramolecular Hbond substituents is 1. The van der Waals surface area contributed by atoms with Crippen LogP contribution in [0.25, 0.3) is 22.4 Å². The van der Waals surface area contributed by atoms with Gasteiger partial charge < -0.3 is 15.2 Å². The Labute approximate surface area is 169 Å². The molecule has 0 bridgehead atoms. The topological polar surface area (TPSA) is 109 Å². The standard InChI is InChI=1S/C21H26N6O2/c1-20(2)8-15(9-21(3,4)27-20)29-19-22-12-17(25-26-19)16-6-5-13(7-18(16)28)14-10-23-24-11-14/h5-7,10-12,15,27-28H,8-9H2,1-4H3,(H,23,24). The van der Waals surface area contributed by atoms with E-state index in [-0.39, 0.29) is 28.9 Å². The number of ether oxygens (including phenoxy) is 1. The lowest BCUT2D eigenvalue weighted by molar-refractivity contribution is 0.0491. The number of aromatic nitrogens is 5. The lowest BCUT2D eigenvalue weighted by Gasteiger charge is -2.45. The van der Waals surface area contributed by atoms with Crippen LogP contribution in [0.15, 0.2) is 36.8 Å². The number of aromatic amines is 1. The van der Waals surface area contributed by atoms with E-state index in [1.54, 1.807) is 30.7 Å². The summed E-state index contributed by atoms with van der Waals surface area (Å²) in [5.74, 6) is 0.107. The second-order valence-electron chi connectivity index (χ2n) is 8.89. The summed E-state index contributed by atoms with van der Waals surface area (Å²) in [5.41, 5.74) is 2.75. The van der Waals surface area contributed by atoms with Gasteiger partial charge in [-0.05, 0) is 45.4 Å². The lowest BCUT2D eigenvalue weighted by atomic mass is 9.81. The molecule has 0 spiro atoms. The summed E-state index contributed by atoms with van der Waals surface area (Å²) in [7, 11) is 0. The number of nitrogens with one attached hydrogen (secondary N) is 2. The van der Waals surface area contributed by atoms with Gasteiger partial charge in [-0.1, -0.05) is 11.2 Å². The number of aromatic hydroxyl groups is 1. The molecule has 4 rings (SSSR count). The summed E-state index contributed by atoms with van der Waals surface area (Å²) in [6.07, 6.45) is 6.77. The van der Waals surface area contributed by atoms with Crippen molar-refractivity contribution in [3.05, 3.63) is 36.8 Å². The smallest absolute Gasteiger partial charge is 0.335 e. The number of rotatable bonds is 4. The third kappa shape index (κ3) is 4.37. The van der Waals surface area contributed by atoms with Crippen molar-refractivity contribution in [2.45, 2.75) is 57.7 Å². The van der Waals surface area contributed by atoms with Crippen molar-refractivity contribution in [1.29, 1.82) is 0 Å². The summed E-state index contributed by atoms with van der Waals surface area (Å²) < 4.78 is 6.02. The van der Waals surface area contributed by atoms with Gasteiger partial charge in [-0.15, -0.1) is 5.10 Å². The van der Waals surface area contributed by atoms with Crippen molar-refractivity contribution in [2.75, 3.05) is 0 Å². The number of phenols is 1. The van der Waals surface area contributed by atoms with Crippen LogP contribution in [0.1, 0.15) is 40.5 Å². The molecule has 0 saturated carbocycles. The first-order valence-corrected chi connectivity index (χ1v) is 9.69. The molecule has 0 unspecified atom stereocenters. The first kappa shape index (κ1) is 19.3. The van der Waals surface area contributed by atoms with Crippen LogP contribution in [0.5, 0.6) is 11.8 Å². The van der Waals surface area contributed by atoms with Crippen LogP contribution < -0.4 is 10.1 Å². The maximum absolute atomic E-state index is 10.4. The van der Waals surface area contributed by atoms with Gasteiger partial charge in [-0.2, -0.15) is 5.10 Å². The summed E-state index contributed by atoms with van der Waals surface area (Å²) in [6.45, 7) is 8.68. The number of benzene rings is 1. The van der Waals surface area contributed by atoms with Gasteiger partial charge in [0.25, 0.3) is 0 Å². The van der Waals surface area contributed by atoms with Crippen molar-refractivity contribution in [3.63, 3.8) is 0 Å². The van der Waals surface area contributed by atoms with Crippen LogP contribution in [-0.2, 0) is 0 Å². The van der Waals surface area contributed by atoms with Gasteiger partial charge >= 0.3 is 6.01 Å². The molecule has 2 aromatic heterocycles. The largest absolute Gasteiger partial charge is 0.507 e. The molecule has 3 N–H and O–H groups in total. The van der Waals surface area contributed by atoms with Gasteiger partial charge in [0.1, 0.15) is 17.5 Å². The Hall–Kier alpha value is -3.00. The average Bonchev–Trinajstić information content (AvgIpc) is 3.14. The zero-order valence-corrected chi connectivity index (χ0v) is 17.1. The van der Waals surface area contributed by atoms with Crippen molar-refractivity contribution < 1.29 is 9.84 Å². The Morgan fingerprint density at radius 2 is 1.79 bits per heavy atom. The predicted octanol–water partition coefficient (Wildman–Crippen LogP) is 3.32. The number of H-pyrrole nitrogens is 1. The summed E-state index contributed by atoms with van der Waals surface area (Å²) in [5, 5.41) is 29.1. The Morgan fingerprint density at radius 3 is 2.38 bits per heavy atom.